The van der Waals surface area contributed by atoms with Crippen molar-refractivity contribution in [2.24, 2.45) is 0 Å². The highest BCUT2D eigenvalue weighted by atomic mass is 35.5. The lowest BCUT2D eigenvalue weighted by Gasteiger charge is -2.11. The first kappa shape index (κ1) is 23.8. The van der Waals surface area contributed by atoms with Gasteiger partial charge in [0.2, 0.25) is 5.91 Å². The van der Waals surface area contributed by atoms with Crippen LogP contribution in [0.1, 0.15) is 24.5 Å². The molecule has 34 heavy (non-hydrogen) atoms. The number of hydrogen-bond donors (Lipinski definition) is 2. The maximum atomic E-state index is 11.5. The number of H-pyrrole nitrogens is 1. The summed E-state index contributed by atoms with van der Waals surface area (Å²) in [5, 5.41) is 10.5. The van der Waals surface area contributed by atoms with Crippen LogP contribution in [0.15, 0.2) is 61.1 Å². The fraction of sp³-hybridized carbons (Fsp3) is 0.200. The Bertz CT molecular complexity index is 1300. The Morgan fingerprint density at radius 1 is 1.18 bits per heavy atom. The molecule has 174 valence electrons. The van der Waals surface area contributed by atoms with Gasteiger partial charge < -0.3 is 10.2 Å². The van der Waals surface area contributed by atoms with Crippen molar-refractivity contribution < 1.29 is 4.79 Å². The molecule has 0 aliphatic rings. The quantitative estimate of drug-likeness (QED) is 0.335. The highest BCUT2D eigenvalue weighted by molar-refractivity contribution is 7.19. The van der Waals surface area contributed by atoms with Crippen LogP contribution in [0.5, 0.6) is 0 Å². The van der Waals surface area contributed by atoms with Gasteiger partial charge in [-0.1, -0.05) is 29.8 Å². The highest BCUT2D eigenvalue weighted by Gasteiger charge is 2.19. The Balaban J connectivity index is 1.84. The molecule has 1 amide bonds. The van der Waals surface area contributed by atoms with E-state index in [1.165, 1.54) is 13.3 Å². The lowest BCUT2D eigenvalue weighted by atomic mass is 9.96. The molecule has 2 N–H and O–H groups in total. The fourth-order valence-electron chi connectivity index (χ4n) is 3.54. The molecule has 0 aliphatic carbocycles. The molecule has 0 atom stereocenters. The van der Waals surface area contributed by atoms with Crippen molar-refractivity contribution >= 4 is 40.2 Å². The number of rotatable bonds is 8. The van der Waals surface area contributed by atoms with Crippen molar-refractivity contribution in [1.82, 2.24) is 25.1 Å². The summed E-state index contributed by atoms with van der Waals surface area (Å²) in [6.07, 6.45) is 6.34. The van der Waals surface area contributed by atoms with Gasteiger partial charge in [-0.15, -0.1) is 11.3 Å². The monoisotopic (exact) mass is 492 g/mol. The second-order valence-corrected chi connectivity index (χ2v) is 9.50. The number of aromatic amines is 1. The van der Waals surface area contributed by atoms with E-state index < -0.39 is 0 Å². The molecule has 0 bridgehead atoms. The molecule has 0 fully saturated rings. The number of carbonyl (C=O) groups is 1. The van der Waals surface area contributed by atoms with Crippen LogP contribution in [0, 0.1) is 0 Å². The fourth-order valence-corrected chi connectivity index (χ4v) is 4.78. The van der Waals surface area contributed by atoms with Crippen molar-refractivity contribution in [1.29, 1.82) is 0 Å². The molecule has 1 aromatic carbocycles. The maximum Gasteiger partial charge on any atom is 0.222 e. The lowest BCUT2D eigenvalue weighted by molar-refractivity contribution is -0.114. The molecule has 0 saturated heterocycles. The molecular formula is C25H25ClN6OS. The smallest absolute Gasteiger partial charge is 0.222 e. The summed E-state index contributed by atoms with van der Waals surface area (Å²) in [6, 6.07) is 13.8. The Labute approximate surface area is 207 Å². The number of amides is 1. The summed E-state index contributed by atoms with van der Waals surface area (Å²) in [5.41, 5.74) is 4.18. The molecule has 0 aliphatic heterocycles. The first-order valence-electron chi connectivity index (χ1n) is 10.8. The van der Waals surface area contributed by atoms with E-state index in [2.05, 4.69) is 56.6 Å². The topological polar surface area (TPSA) is 86.8 Å². The number of benzene rings is 1. The minimum atomic E-state index is -0.160. The SMILES string of the molecule is CC(=O)Nc1cc(-c2cc(C(=CCCN(C)C)c3ccc(Cl)cc3)c(-c3ncn[nH]3)s2)ccn1. The predicted octanol–water partition coefficient (Wildman–Crippen LogP) is 5.59. The molecule has 3 aromatic heterocycles. The first-order chi connectivity index (χ1) is 16.4. The highest BCUT2D eigenvalue weighted by Crippen LogP contribution is 2.42. The van der Waals surface area contributed by atoms with Crippen molar-refractivity contribution in [3.8, 4) is 21.1 Å². The molecule has 9 heteroatoms. The largest absolute Gasteiger partial charge is 0.311 e. The summed E-state index contributed by atoms with van der Waals surface area (Å²) in [7, 11) is 4.13. The van der Waals surface area contributed by atoms with Crippen LogP contribution in [0.25, 0.3) is 26.7 Å². The minimum Gasteiger partial charge on any atom is -0.311 e. The van der Waals surface area contributed by atoms with Crippen molar-refractivity contribution in [3.63, 3.8) is 0 Å². The second-order valence-electron chi connectivity index (χ2n) is 8.02. The van der Waals surface area contributed by atoms with E-state index in [4.69, 9.17) is 11.6 Å². The molecule has 0 saturated carbocycles. The first-order valence-corrected chi connectivity index (χ1v) is 11.9. The normalized spacial score (nSPS) is 11.7. The summed E-state index contributed by atoms with van der Waals surface area (Å²) in [6.45, 7) is 2.40. The van der Waals surface area contributed by atoms with E-state index in [9.17, 15) is 4.79 Å². The molecular weight excluding hydrogens is 468 g/mol. The zero-order chi connectivity index (χ0) is 24.1. The Morgan fingerprint density at radius 3 is 2.65 bits per heavy atom. The van der Waals surface area contributed by atoms with E-state index in [0.717, 1.165) is 45.0 Å². The third-order valence-corrected chi connectivity index (χ3v) is 6.52. The van der Waals surface area contributed by atoms with Gasteiger partial charge in [-0.2, -0.15) is 5.10 Å². The zero-order valence-corrected chi connectivity index (χ0v) is 20.7. The van der Waals surface area contributed by atoms with Gasteiger partial charge in [0.1, 0.15) is 12.1 Å². The van der Waals surface area contributed by atoms with Crippen LogP contribution >= 0.6 is 22.9 Å². The van der Waals surface area contributed by atoms with Gasteiger partial charge in [0.25, 0.3) is 0 Å². The predicted molar refractivity (Wildman–Crippen MR) is 139 cm³/mol. The average molecular weight is 493 g/mol. The van der Waals surface area contributed by atoms with Crippen LogP contribution < -0.4 is 5.32 Å². The van der Waals surface area contributed by atoms with Crippen molar-refractivity contribution in [3.05, 3.63) is 77.2 Å². The number of anilines is 1. The number of aromatic nitrogens is 4. The van der Waals surface area contributed by atoms with Crippen molar-refractivity contribution in [2.45, 2.75) is 13.3 Å². The van der Waals surface area contributed by atoms with Crippen LogP contribution in [0.3, 0.4) is 0 Å². The number of pyridine rings is 1. The molecule has 3 heterocycles. The van der Waals surface area contributed by atoms with Crippen LogP contribution in [0.2, 0.25) is 5.02 Å². The van der Waals surface area contributed by atoms with Gasteiger partial charge in [-0.25, -0.2) is 9.97 Å². The van der Waals surface area contributed by atoms with E-state index in [-0.39, 0.29) is 5.91 Å². The van der Waals surface area contributed by atoms with Gasteiger partial charge in [0, 0.05) is 35.1 Å². The van der Waals surface area contributed by atoms with E-state index >= 15 is 0 Å². The average Bonchev–Trinajstić information content (AvgIpc) is 3.47. The van der Waals surface area contributed by atoms with Gasteiger partial charge in [0.05, 0.1) is 4.88 Å². The summed E-state index contributed by atoms with van der Waals surface area (Å²) in [5.74, 6) is 1.06. The van der Waals surface area contributed by atoms with E-state index in [0.29, 0.717) is 16.7 Å². The number of carbonyl (C=O) groups excluding carboxylic acids is 1. The van der Waals surface area contributed by atoms with E-state index in [1.807, 2.05) is 36.4 Å². The Kier molecular flexibility index (Phi) is 7.52. The molecule has 4 aromatic rings. The number of hydrogen-bond acceptors (Lipinski definition) is 6. The second kappa shape index (κ2) is 10.7. The van der Waals surface area contributed by atoms with Crippen LogP contribution in [-0.4, -0.2) is 51.6 Å². The number of nitrogens with zero attached hydrogens (tertiary/aromatic N) is 4. The van der Waals surface area contributed by atoms with Crippen LogP contribution in [0.4, 0.5) is 5.82 Å². The minimum absolute atomic E-state index is 0.160. The Morgan fingerprint density at radius 2 is 1.97 bits per heavy atom. The lowest BCUT2D eigenvalue weighted by Crippen LogP contribution is -2.12. The number of thiophene rings is 1. The molecule has 7 nitrogen and oxygen atoms in total. The van der Waals surface area contributed by atoms with Gasteiger partial charge in [0.15, 0.2) is 5.82 Å². The third-order valence-electron chi connectivity index (χ3n) is 5.08. The number of halogens is 1. The zero-order valence-electron chi connectivity index (χ0n) is 19.2. The molecule has 0 unspecified atom stereocenters. The van der Waals surface area contributed by atoms with Crippen molar-refractivity contribution in [2.75, 3.05) is 26.0 Å². The summed E-state index contributed by atoms with van der Waals surface area (Å²) in [4.78, 5) is 24.4. The Hall–Kier alpha value is -3.33. The van der Waals surface area contributed by atoms with Gasteiger partial charge in [-0.3, -0.25) is 9.89 Å². The molecule has 0 radical (unpaired) electrons. The van der Waals surface area contributed by atoms with E-state index in [1.54, 1.807) is 17.5 Å². The van der Waals surface area contributed by atoms with Gasteiger partial charge in [-0.05, 0) is 67.5 Å². The molecule has 0 spiro atoms. The number of nitrogens with one attached hydrogen (secondary N) is 2. The third kappa shape index (κ3) is 5.77. The summed E-state index contributed by atoms with van der Waals surface area (Å²) < 4.78 is 0. The van der Waals surface area contributed by atoms with Crippen LogP contribution in [-0.2, 0) is 4.79 Å². The standard InChI is InChI=1S/C25H25ClN6OS/c1-16(33)30-23-13-18(10-11-27-23)22-14-21(24(34-22)25-28-15-29-31-25)20(5-4-12-32(2)3)17-6-8-19(26)9-7-17/h5-11,13-15H,4,12H2,1-3H3,(H,27,30,33)(H,28,29,31). The maximum absolute atomic E-state index is 11.5. The summed E-state index contributed by atoms with van der Waals surface area (Å²) >= 11 is 7.78. The van der Waals surface area contributed by atoms with Gasteiger partial charge >= 0.3 is 0 Å². The molecule has 4 rings (SSSR count).